The number of anilines is 2. The number of pyridine rings is 2. The van der Waals surface area contributed by atoms with Gasteiger partial charge in [0.15, 0.2) is 23.5 Å². The van der Waals surface area contributed by atoms with Crippen molar-refractivity contribution in [2.75, 3.05) is 4.90 Å². The van der Waals surface area contributed by atoms with Crippen molar-refractivity contribution in [3.8, 4) is 51.2 Å². The van der Waals surface area contributed by atoms with Gasteiger partial charge in [-0.05, 0) is 48.5 Å². The molecule has 0 saturated heterocycles. The van der Waals surface area contributed by atoms with E-state index >= 15 is 0 Å². The highest BCUT2D eigenvalue weighted by molar-refractivity contribution is 6.31. The van der Waals surface area contributed by atoms with E-state index in [-0.39, 0.29) is 6.23 Å². The van der Waals surface area contributed by atoms with Crippen molar-refractivity contribution in [3.63, 3.8) is 0 Å². The summed E-state index contributed by atoms with van der Waals surface area (Å²) in [5.74, 6) is 4.42. The predicted molar refractivity (Wildman–Crippen MR) is 198 cm³/mol. The summed E-state index contributed by atoms with van der Waals surface area (Å²) in [5.41, 5.74) is 10.7. The first-order valence-electron chi connectivity index (χ1n) is 17.8. The van der Waals surface area contributed by atoms with Crippen LogP contribution in [0, 0.1) is 0 Å². The third-order valence-electron chi connectivity index (χ3n) is 12.1. The van der Waals surface area contributed by atoms with Crippen LogP contribution in [-0.4, -0.2) is 0 Å². The monoisotopic (exact) mass is 667 g/mol. The number of aromatic nitrogens is 2. The molecule has 6 aromatic carbocycles. The van der Waals surface area contributed by atoms with Crippen LogP contribution in [0.1, 0.15) is 22.9 Å². The van der Waals surface area contributed by atoms with E-state index in [0.717, 1.165) is 78.4 Å². The normalized spacial score (nSPS) is 18.5. The quantitative estimate of drug-likeness (QED) is 0.136. The molecule has 0 bridgehead atoms. The summed E-state index contributed by atoms with van der Waals surface area (Å²) in [6, 6.07) is 47.1. The van der Waals surface area contributed by atoms with Crippen LogP contribution in [0.5, 0.6) is 17.2 Å². The molecule has 14 rings (SSSR count). The summed E-state index contributed by atoms with van der Waals surface area (Å²) >= 11 is 0. The van der Waals surface area contributed by atoms with Crippen molar-refractivity contribution in [1.29, 1.82) is 0 Å². The van der Waals surface area contributed by atoms with Crippen molar-refractivity contribution in [2.45, 2.75) is 11.9 Å². The van der Waals surface area contributed by atoms with Crippen LogP contribution < -0.4 is 23.5 Å². The smallest absolute Gasteiger partial charge is 0.425 e. The Morgan fingerprint density at radius 1 is 0.538 bits per heavy atom. The van der Waals surface area contributed by atoms with Crippen molar-refractivity contribution in [3.05, 3.63) is 163 Å². The van der Waals surface area contributed by atoms with E-state index < -0.39 is 5.66 Å². The Bertz CT molecular complexity index is 3150. The summed E-state index contributed by atoms with van der Waals surface area (Å²) < 4.78 is 25.8. The summed E-state index contributed by atoms with van der Waals surface area (Å²) in [4.78, 5) is 2.37. The third-order valence-corrected chi connectivity index (χ3v) is 12.1. The topological polar surface area (TPSA) is 42.6 Å². The van der Waals surface area contributed by atoms with Gasteiger partial charge >= 0.3 is 5.66 Å². The van der Waals surface area contributed by atoms with Crippen molar-refractivity contribution >= 4 is 43.8 Å². The van der Waals surface area contributed by atoms with E-state index in [0.29, 0.717) is 0 Å². The predicted octanol–water partition coefficient (Wildman–Crippen LogP) is 9.89. The van der Waals surface area contributed by atoms with Crippen LogP contribution >= 0.6 is 0 Å². The second-order valence-electron chi connectivity index (χ2n) is 14.3. The molecule has 5 aliphatic rings. The van der Waals surface area contributed by atoms with Crippen molar-refractivity contribution in [1.82, 2.24) is 0 Å². The lowest BCUT2D eigenvalue weighted by Gasteiger charge is -2.30. The average Bonchev–Trinajstić information content (AvgIpc) is 3.96. The molecule has 2 unspecified atom stereocenters. The third kappa shape index (κ3) is 2.64. The number of ether oxygens (including phenoxy) is 2. The van der Waals surface area contributed by atoms with E-state index in [4.69, 9.17) is 13.9 Å². The van der Waals surface area contributed by atoms with E-state index in [1.807, 2.05) is 6.07 Å². The maximum atomic E-state index is 7.03. The van der Waals surface area contributed by atoms with Gasteiger partial charge in [0.25, 0.3) is 0 Å². The SMILES string of the molecule is c1ccc(-c2oc(-c3ccccc3)c3c4ccc[n+]5c4c4c6c(ccc4c23)Oc2ccc3c4c2C65[n+]2cccc(c2-4)N2c4ccccc4OC32)cc1. The Balaban J connectivity index is 1.19. The Labute approximate surface area is 296 Å². The minimum Gasteiger partial charge on any atom is -0.464 e. The molecule has 0 saturated carbocycles. The largest absolute Gasteiger partial charge is 0.464 e. The molecule has 0 aliphatic carbocycles. The standard InChI is InChI=1S/C46H25N3O3/c1-3-11-25(12-4-1)43-35-27-19-21-33-39-37(27)41-28(36(35)44(52-43)26-13-5-2-6-14-26)15-9-23-47(41)46(39)40-34(50-33)22-20-29-38(40)42-31(17-10-24-48(42)46)49-30-16-7-8-18-32(30)51-45(29)49/h1-24,45H/q+2. The molecule has 0 fully saturated rings. The maximum Gasteiger partial charge on any atom is 0.425 e. The molecular formula is C46H25N3O3+2. The van der Waals surface area contributed by atoms with Gasteiger partial charge < -0.3 is 13.9 Å². The maximum absolute atomic E-state index is 7.03. The molecular weight excluding hydrogens is 643 g/mol. The molecule has 0 N–H and O–H groups in total. The Morgan fingerprint density at radius 3 is 2.04 bits per heavy atom. The molecule has 52 heavy (non-hydrogen) atoms. The fourth-order valence-electron chi connectivity index (χ4n) is 10.3. The first-order valence-corrected chi connectivity index (χ1v) is 17.8. The second kappa shape index (κ2) is 8.50. The number of hydrogen-bond acceptors (Lipinski definition) is 4. The number of benzene rings is 6. The molecule has 6 heteroatoms. The Kier molecular flexibility index (Phi) is 4.25. The molecule has 2 atom stereocenters. The lowest BCUT2D eigenvalue weighted by molar-refractivity contribution is -0.950. The van der Waals surface area contributed by atoms with E-state index in [9.17, 15) is 0 Å². The van der Waals surface area contributed by atoms with Gasteiger partial charge in [0, 0.05) is 45.0 Å². The van der Waals surface area contributed by atoms with E-state index in [1.165, 1.54) is 33.3 Å². The van der Waals surface area contributed by atoms with Gasteiger partial charge in [-0.2, -0.15) is 0 Å². The van der Waals surface area contributed by atoms with Crippen LogP contribution in [0.2, 0.25) is 0 Å². The minimum absolute atomic E-state index is 0.273. The summed E-state index contributed by atoms with van der Waals surface area (Å²) in [6.45, 7) is 0. The zero-order valence-electron chi connectivity index (χ0n) is 27.5. The molecule has 240 valence electrons. The first kappa shape index (κ1) is 26.0. The lowest BCUT2D eigenvalue weighted by Crippen LogP contribution is -2.72. The highest BCUT2D eigenvalue weighted by Crippen LogP contribution is 2.64. The summed E-state index contributed by atoms with van der Waals surface area (Å²) in [6.07, 6.45) is 4.26. The van der Waals surface area contributed by atoms with Crippen LogP contribution in [-0.2, 0) is 5.66 Å². The van der Waals surface area contributed by atoms with Gasteiger partial charge in [0.1, 0.15) is 34.5 Å². The zero-order valence-corrected chi connectivity index (χ0v) is 27.5. The van der Waals surface area contributed by atoms with Gasteiger partial charge in [0.2, 0.25) is 17.4 Å². The second-order valence-corrected chi connectivity index (χ2v) is 14.3. The van der Waals surface area contributed by atoms with Gasteiger partial charge in [-0.25, -0.2) is 0 Å². The minimum atomic E-state index is -0.712. The molecule has 9 aromatic rings. The molecule has 1 spiro atoms. The molecule has 3 aromatic heterocycles. The number of para-hydroxylation sites is 2. The van der Waals surface area contributed by atoms with Crippen molar-refractivity contribution < 1.29 is 23.0 Å². The number of furan rings is 1. The molecule has 8 heterocycles. The van der Waals surface area contributed by atoms with Crippen LogP contribution in [0.25, 0.3) is 66.4 Å². The summed E-state index contributed by atoms with van der Waals surface area (Å²) in [5, 5.41) is 5.76. The number of rotatable bonds is 2. The van der Waals surface area contributed by atoms with E-state index in [1.54, 1.807) is 0 Å². The number of hydrogen-bond donors (Lipinski definition) is 0. The van der Waals surface area contributed by atoms with E-state index in [2.05, 4.69) is 154 Å². The average molecular weight is 668 g/mol. The highest BCUT2D eigenvalue weighted by Gasteiger charge is 2.72. The fourth-order valence-corrected chi connectivity index (χ4v) is 10.3. The highest BCUT2D eigenvalue weighted by atomic mass is 16.5. The number of fused-ring (bicyclic) bond motifs is 8. The van der Waals surface area contributed by atoms with Gasteiger partial charge in [-0.1, -0.05) is 72.8 Å². The van der Waals surface area contributed by atoms with Crippen LogP contribution in [0.15, 0.2) is 150 Å². The molecule has 6 nitrogen and oxygen atoms in total. The fraction of sp³-hybridized carbons (Fsp3) is 0.0435. The van der Waals surface area contributed by atoms with Gasteiger partial charge in [-0.15, -0.1) is 9.13 Å². The van der Waals surface area contributed by atoms with Crippen LogP contribution in [0.4, 0.5) is 11.4 Å². The molecule has 0 radical (unpaired) electrons. The summed E-state index contributed by atoms with van der Waals surface area (Å²) in [7, 11) is 0. The molecule has 0 amide bonds. The Morgan fingerprint density at radius 2 is 1.21 bits per heavy atom. The van der Waals surface area contributed by atoms with Gasteiger partial charge in [0.05, 0.1) is 22.0 Å². The van der Waals surface area contributed by atoms with Crippen molar-refractivity contribution in [2.24, 2.45) is 0 Å². The molecule has 5 aliphatic heterocycles. The van der Waals surface area contributed by atoms with Gasteiger partial charge in [-0.3, -0.25) is 4.90 Å². The van der Waals surface area contributed by atoms with Crippen LogP contribution in [0.3, 0.4) is 0 Å². The Hall–Kier alpha value is -6.92. The zero-order chi connectivity index (χ0) is 33.4. The first-order chi connectivity index (χ1) is 25.8. The number of nitrogens with zero attached hydrogens (tertiary/aromatic N) is 3. The lowest BCUT2D eigenvalue weighted by atomic mass is 9.83.